The third-order valence-electron chi connectivity index (χ3n) is 5.48. The molecule has 1 aromatic carbocycles. The van der Waals surface area contributed by atoms with Crippen LogP contribution in [0.25, 0.3) is 0 Å². The topological polar surface area (TPSA) is 27.7 Å². The second-order valence-electron chi connectivity index (χ2n) is 7.89. The molecule has 0 saturated carbocycles. The maximum absolute atomic E-state index is 13.1. The van der Waals surface area contributed by atoms with Gasteiger partial charge in [-0.15, -0.1) is 0 Å². The number of rotatable bonds is 17. The van der Waals surface area contributed by atoms with Gasteiger partial charge in [-0.3, -0.25) is 0 Å². The first-order valence-electron chi connectivity index (χ1n) is 11.9. The number of alkyl halides is 3. The SMILES string of the molecule is CCCCCCCCC(CCc1cccc(C(F)(F)F)c1)C(OCC)(OCC)OCC. The van der Waals surface area contributed by atoms with E-state index in [1.54, 1.807) is 6.07 Å². The van der Waals surface area contributed by atoms with Gasteiger partial charge in [-0.2, -0.15) is 13.2 Å². The molecule has 0 aliphatic rings. The number of hydrogen-bond donors (Lipinski definition) is 0. The van der Waals surface area contributed by atoms with E-state index in [1.807, 2.05) is 20.8 Å². The Morgan fingerprint density at radius 3 is 1.90 bits per heavy atom. The highest BCUT2D eigenvalue weighted by Crippen LogP contribution is 2.35. The summed E-state index contributed by atoms with van der Waals surface area (Å²) in [5.41, 5.74) is 0.0596. The largest absolute Gasteiger partial charge is 0.416 e. The Kier molecular flexibility index (Phi) is 13.4. The quantitative estimate of drug-likeness (QED) is 0.181. The third-order valence-corrected chi connectivity index (χ3v) is 5.48. The van der Waals surface area contributed by atoms with Crippen LogP contribution in [0.4, 0.5) is 13.2 Å². The number of halogens is 3. The Morgan fingerprint density at radius 1 is 0.774 bits per heavy atom. The lowest BCUT2D eigenvalue weighted by Gasteiger charge is -2.39. The van der Waals surface area contributed by atoms with E-state index in [-0.39, 0.29) is 5.92 Å². The molecule has 1 rings (SSSR count). The fourth-order valence-corrected chi connectivity index (χ4v) is 4.00. The zero-order chi connectivity index (χ0) is 23.2. The Balaban J connectivity index is 2.94. The molecule has 0 N–H and O–H groups in total. The van der Waals surface area contributed by atoms with Gasteiger partial charge in [-0.25, -0.2) is 0 Å². The summed E-state index contributed by atoms with van der Waals surface area (Å²) in [5.74, 6) is -1.21. The molecule has 0 spiro atoms. The average Bonchev–Trinajstić information content (AvgIpc) is 2.72. The minimum atomic E-state index is -4.33. The van der Waals surface area contributed by atoms with E-state index in [9.17, 15) is 13.2 Å². The van der Waals surface area contributed by atoms with Crippen molar-refractivity contribution in [2.75, 3.05) is 19.8 Å². The van der Waals surface area contributed by atoms with E-state index in [1.165, 1.54) is 37.8 Å². The van der Waals surface area contributed by atoms with E-state index in [4.69, 9.17) is 14.2 Å². The zero-order valence-electron chi connectivity index (χ0n) is 19.7. The number of aryl methyl sites for hydroxylation is 1. The van der Waals surface area contributed by atoms with Crippen LogP contribution in [0, 0.1) is 5.92 Å². The smallest absolute Gasteiger partial charge is 0.328 e. The molecule has 180 valence electrons. The summed E-state index contributed by atoms with van der Waals surface area (Å²) in [6.45, 7) is 9.23. The number of unbranched alkanes of at least 4 members (excludes halogenated alkanes) is 5. The second-order valence-corrected chi connectivity index (χ2v) is 7.89. The summed E-state index contributed by atoms with van der Waals surface area (Å²) in [6, 6.07) is 5.58. The van der Waals surface area contributed by atoms with Crippen molar-refractivity contribution >= 4 is 0 Å². The van der Waals surface area contributed by atoms with Gasteiger partial charge in [-0.05, 0) is 51.7 Å². The molecule has 3 nitrogen and oxygen atoms in total. The summed E-state index contributed by atoms with van der Waals surface area (Å²) >= 11 is 0. The predicted octanol–water partition coefficient (Wildman–Crippen LogP) is 7.77. The Labute approximate surface area is 186 Å². The van der Waals surface area contributed by atoms with Gasteiger partial charge in [0.05, 0.1) is 5.56 Å². The average molecular weight is 447 g/mol. The van der Waals surface area contributed by atoms with Crippen molar-refractivity contribution in [2.45, 2.75) is 97.6 Å². The predicted molar refractivity (Wildman–Crippen MR) is 119 cm³/mol. The fraction of sp³-hybridized carbons (Fsp3) is 0.760. The maximum atomic E-state index is 13.1. The van der Waals surface area contributed by atoms with Crippen molar-refractivity contribution < 1.29 is 27.4 Å². The van der Waals surface area contributed by atoms with Crippen molar-refractivity contribution in [3.63, 3.8) is 0 Å². The molecule has 0 radical (unpaired) electrons. The summed E-state index contributed by atoms with van der Waals surface area (Å²) in [4.78, 5) is 0. The molecule has 0 aromatic heterocycles. The van der Waals surface area contributed by atoms with E-state index in [0.29, 0.717) is 38.2 Å². The molecule has 0 amide bonds. The standard InChI is InChI=1S/C25H41F3O3/c1-5-9-10-11-12-13-16-22(25(29-6-2,30-7-3)31-8-4)19-18-21-15-14-17-23(20-21)24(26,27)28/h14-15,17,20,22H,5-13,16,18-19H2,1-4H3. The van der Waals surface area contributed by atoms with Gasteiger partial charge in [0.25, 0.3) is 5.97 Å². The first-order chi connectivity index (χ1) is 14.8. The van der Waals surface area contributed by atoms with Crippen LogP contribution in [-0.4, -0.2) is 25.8 Å². The van der Waals surface area contributed by atoms with Gasteiger partial charge in [0.1, 0.15) is 0 Å². The zero-order valence-corrected chi connectivity index (χ0v) is 19.7. The lowest BCUT2D eigenvalue weighted by molar-refractivity contribution is -0.403. The van der Waals surface area contributed by atoms with Crippen molar-refractivity contribution in [1.82, 2.24) is 0 Å². The van der Waals surface area contributed by atoms with Crippen molar-refractivity contribution in [1.29, 1.82) is 0 Å². The Bertz CT molecular complexity index is 573. The molecule has 1 unspecified atom stereocenters. The van der Waals surface area contributed by atoms with E-state index < -0.39 is 17.7 Å². The third kappa shape index (κ3) is 9.92. The highest BCUT2D eigenvalue weighted by Gasteiger charge is 2.41. The number of hydrogen-bond acceptors (Lipinski definition) is 3. The fourth-order valence-electron chi connectivity index (χ4n) is 4.00. The Hall–Kier alpha value is -1.11. The monoisotopic (exact) mass is 446 g/mol. The molecule has 0 heterocycles. The van der Waals surface area contributed by atoms with Gasteiger partial charge in [0.2, 0.25) is 0 Å². The molecule has 31 heavy (non-hydrogen) atoms. The van der Waals surface area contributed by atoms with Gasteiger partial charge in [-0.1, -0.05) is 63.6 Å². The highest BCUT2D eigenvalue weighted by atomic mass is 19.4. The second kappa shape index (κ2) is 14.9. The lowest BCUT2D eigenvalue weighted by atomic mass is 9.90. The van der Waals surface area contributed by atoms with Crippen molar-refractivity contribution in [2.24, 2.45) is 5.92 Å². The molecule has 0 aliphatic heterocycles. The summed E-state index contributed by atoms with van der Waals surface area (Å²) in [7, 11) is 0. The molecule has 0 bridgehead atoms. The Morgan fingerprint density at radius 2 is 1.35 bits per heavy atom. The first kappa shape index (κ1) is 27.9. The minimum Gasteiger partial charge on any atom is -0.328 e. The van der Waals surface area contributed by atoms with E-state index in [2.05, 4.69) is 6.92 Å². The molecule has 1 aromatic rings. The number of benzene rings is 1. The molecule has 0 saturated heterocycles. The van der Waals surface area contributed by atoms with Gasteiger partial charge in [0, 0.05) is 25.7 Å². The molecule has 0 fully saturated rings. The maximum Gasteiger partial charge on any atom is 0.416 e. The number of ether oxygens (including phenoxy) is 3. The van der Waals surface area contributed by atoms with E-state index >= 15 is 0 Å². The molecular weight excluding hydrogens is 405 g/mol. The van der Waals surface area contributed by atoms with Gasteiger partial charge in [0.15, 0.2) is 0 Å². The van der Waals surface area contributed by atoms with E-state index in [0.717, 1.165) is 25.3 Å². The highest BCUT2D eigenvalue weighted by molar-refractivity contribution is 5.25. The lowest BCUT2D eigenvalue weighted by Crippen LogP contribution is -2.47. The molecule has 6 heteroatoms. The minimum absolute atomic E-state index is 0.0620. The van der Waals surface area contributed by atoms with Crippen molar-refractivity contribution in [3.8, 4) is 0 Å². The van der Waals surface area contributed by atoms with Crippen LogP contribution in [0.5, 0.6) is 0 Å². The summed E-state index contributed by atoms with van der Waals surface area (Å²) in [5, 5.41) is 0. The van der Waals surface area contributed by atoms with Gasteiger partial charge < -0.3 is 14.2 Å². The van der Waals surface area contributed by atoms with Crippen LogP contribution in [0.1, 0.15) is 90.2 Å². The normalized spacial score (nSPS) is 13.5. The van der Waals surface area contributed by atoms with Crippen LogP contribution < -0.4 is 0 Å². The van der Waals surface area contributed by atoms with Gasteiger partial charge >= 0.3 is 6.18 Å². The van der Waals surface area contributed by atoms with Crippen LogP contribution in [-0.2, 0) is 26.8 Å². The molecule has 1 atom stereocenters. The van der Waals surface area contributed by atoms with Crippen LogP contribution in [0.2, 0.25) is 0 Å². The van der Waals surface area contributed by atoms with Crippen molar-refractivity contribution in [3.05, 3.63) is 35.4 Å². The summed E-state index contributed by atoms with van der Waals surface area (Å²) < 4.78 is 57.3. The molecular formula is C25H41F3O3. The first-order valence-corrected chi connectivity index (χ1v) is 11.9. The van der Waals surface area contributed by atoms with Crippen LogP contribution in [0.15, 0.2) is 24.3 Å². The molecule has 0 aliphatic carbocycles. The summed E-state index contributed by atoms with van der Waals surface area (Å²) in [6.07, 6.45) is 4.70. The van der Waals surface area contributed by atoms with Crippen LogP contribution >= 0.6 is 0 Å². The van der Waals surface area contributed by atoms with Crippen LogP contribution in [0.3, 0.4) is 0 Å².